The molecule has 7 nitrogen and oxygen atoms in total. The highest BCUT2D eigenvalue weighted by atomic mass is 16.7. The highest BCUT2D eigenvalue weighted by Crippen LogP contribution is 2.15. The van der Waals surface area contributed by atoms with E-state index in [1.165, 1.54) is 6.92 Å². The largest absolute Gasteiger partial charge is 0.461 e. The molecule has 7 heteroatoms. The lowest BCUT2D eigenvalue weighted by Gasteiger charge is -2.15. The van der Waals surface area contributed by atoms with Crippen LogP contribution in [0.5, 0.6) is 0 Å². The number of carbonyl (C=O) groups is 4. The van der Waals surface area contributed by atoms with E-state index in [0.29, 0.717) is 5.06 Å². The maximum absolute atomic E-state index is 11.8. The molecule has 1 saturated heterocycles. The maximum atomic E-state index is 11.8. The summed E-state index contributed by atoms with van der Waals surface area (Å²) in [6, 6.07) is 9.13. The predicted molar refractivity (Wildman–Crippen MR) is 77.2 cm³/mol. The molecule has 23 heavy (non-hydrogen) atoms. The number of rotatable bonds is 6. The Morgan fingerprint density at radius 2 is 1.74 bits per heavy atom. The summed E-state index contributed by atoms with van der Waals surface area (Å²) in [7, 11) is 0. The summed E-state index contributed by atoms with van der Waals surface area (Å²) in [6.45, 7) is 1.58. The van der Waals surface area contributed by atoms with E-state index in [0.717, 1.165) is 5.56 Å². The molecule has 2 rings (SSSR count). The molecule has 0 aromatic heterocycles. The second kappa shape index (κ2) is 7.53. The summed E-state index contributed by atoms with van der Waals surface area (Å²) in [5, 5.41) is 0.466. The SMILES string of the molecule is C[C@H](CC(=O)OCc1ccccc1)C(=O)ON1C(=O)CCC1=O. The van der Waals surface area contributed by atoms with Gasteiger partial charge in [0.25, 0.3) is 11.8 Å². The number of nitrogens with zero attached hydrogens (tertiary/aromatic N) is 1. The zero-order valence-electron chi connectivity index (χ0n) is 12.7. The molecule has 0 radical (unpaired) electrons. The Morgan fingerprint density at radius 1 is 1.13 bits per heavy atom. The van der Waals surface area contributed by atoms with Gasteiger partial charge in [0.05, 0.1) is 12.3 Å². The number of amides is 2. The third-order valence-corrected chi connectivity index (χ3v) is 3.30. The number of hydroxylamine groups is 2. The van der Waals surface area contributed by atoms with E-state index < -0.39 is 29.7 Å². The van der Waals surface area contributed by atoms with Crippen LogP contribution in [0.3, 0.4) is 0 Å². The number of ether oxygens (including phenoxy) is 1. The third kappa shape index (κ3) is 4.64. The van der Waals surface area contributed by atoms with Crippen molar-refractivity contribution in [3.05, 3.63) is 35.9 Å². The Balaban J connectivity index is 1.77. The van der Waals surface area contributed by atoms with Gasteiger partial charge < -0.3 is 9.57 Å². The number of imide groups is 1. The zero-order chi connectivity index (χ0) is 16.8. The van der Waals surface area contributed by atoms with Gasteiger partial charge in [-0.25, -0.2) is 4.79 Å². The van der Waals surface area contributed by atoms with Crippen molar-refractivity contribution < 1.29 is 28.8 Å². The summed E-state index contributed by atoms with van der Waals surface area (Å²) in [5.41, 5.74) is 0.837. The van der Waals surface area contributed by atoms with Crippen LogP contribution in [0.15, 0.2) is 30.3 Å². The number of hydrogen-bond acceptors (Lipinski definition) is 6. The molecule has 122 valence electrons. The predicted octanol–water partition coefficient (Wildman–Crippen LogP) is 1.36. The minimum absolute atomic E-state index is 0.0274. The van der Waals surface area contributed by atoms with Crippen LogP contribution < -0.4 is 0 Å². The summed E-state index contributed by atoms with van der Waals surface area (Å²) in [4.78, 5) is 51.0. The fourth-order valence-corrected chi connectivity index (χ4v) is 1.97. The second-order valence-corrected chi connectivity index (χ2v) is 5.24. The molecule has 1 heterocycles. The number of hydrogen-bond donors (Lipinski definition) is 0. The molecule has 0 spiro atoms. The first kappa shape index (κ1) is 16.7. The molecule has 0 unspecified atom stereocenters. The Kier molecular flexibility index (Phi) is 5.46. The molecule has 2 amide bonds. The lowest BCUT2D eigenvalue weighted by atomic mass is 10.1. The Morgan fingerprint density at radius 3 is 2.35 bits per heavy atom. The topological polar surface area (TPSA) is 90.0 Å². The highest BCUT2D eigenvalue weighted by Gasteiger charge is 2.34. The van der Waals surface area contributed by atoms with Crippen LogP contribution >= 0.6 is 0 Å². The average molecular weight is 319 g/mol. The monoisotopic (exact) mass is 319 g/mol. The van der Waals surface area contributed by atoms with E-state index in [9.17, 15) is 19.2 Å². The smallest absolute Gasteiger partial charge is 0.336 e. The van der Waals surface area contributed by atoms with Gasteiger partial charge in [-0.05, 0) is 5.56 Å². The van der Waals surface area contributed by atoms with Gasteiger partial charge in [-0.3, -0.25) is 14.4 Å². The number of carbonyl (C=O) groups excluding carboxylic acids is 4. The fraction of sp³-hybridized carbons (Fsp3) is 0.375. The minimum atomic E-state index is -0.820. The zero-order valence-corrected chi connectivity index (χ0v) is 12.7. The number of benzene rings is 1. The van der Waals surface area contributed by atoms with E-state index in [2.05, 4.69) is 0 Å². The third-order valence-electron chi connectivity index (χ3n) is 3.30. The second-order valence-electron chi connectivity index (χ2n) is 5.24. The Labute approximate surface area is 133 Å². The van der Waals surface area contributed by atoms with Crippen LogP contribution in [0.2, 0.25) is 0 Å². The van der Waals surface area contributed by atoms with Gasteiger partial charge in [0.1, 0.15) is 6.61 Å². The number of esters is 1. The van der Waals surface area contributed by atoms with E-state index >= 15 is 0 Å². The van der Waals surface area contributed by atoms with Gasteiger partial charge in [-0.15, -0.1) is 5.06 Å². The molecular formula is C16H17NO6. The van der Waals surface area contributed by atoms with Crippen LogP contribution in [-0.4, -0.2) is 28.8 Å². The molecule has 0 N–H and O–H groups in total. The van der Waals surface area contributed by atoms with Crippen molar-refractivity contribution in [1.82, 2.24) is 5.06 Å². The van der Waals surface area contributed by atoms with E-state index in [1.54, 1.807) is 0 Å². The molecule has 1 aromatic rings. The van der Waals surface area contributed by atoms with Crippen molar-refractivity contribution in [1.29, 1.82) is 0 Å². The van der Waals surface area contributed by atoms with Gasteiger partial charge in [0, 0.05) is 12.8 Å². The van der Waals surface area contributed by atoms with Crippen molar-refractivity contribution in [2.75, 3.05) is 0 Å². The summed E-state index contributed by atoms with van der Waals surface area (Å²) in [6.07, 6.45) is -0.138. The Hall–Kier alpha value is -2.70. The first-order valence-electron chi connectivity index (χ1n) is 7.24. The normalized spacial score (nSPS) is 15.4. The highest BCUT2D eigenvalue weighted by molar-refractivity contribution is 6.01. The van der Waals surface area contributed by atoms with Gasteiger partial charge >= 0.3 is 11.9 Å². The first-order chi connectivity index (χ1) is 11.0. The molecule has 1 aliphatic rings. The van der Waals surface area contributed by atoms with E-state index in [4.69, 9.17) is 9.57 Å². The first-order valence-corrected chi connectivity index (χ1v) is 7.24. The standard InChI is InChI=1S/C16H17NO6/c1-11(16(21)23-17-13(18)7-8-14(17)19)9-15(20)22-10-12-5-3-2-4-6-12/h2-6,11H,7-10H2,1H3/t11-/m1/s1. The van der Waals surface area contributed by atoms with E-state index in [1.807, 2.05) is 30.3 Å². The van der Waals surface area contributed by atoms with Gasteiger partial charge in [-0.1, -0.05) is 37.3 Å². The van der Waals surface area contributed by atoms with Crippen LogP contribution in [-0.2, 0) is 35.4 Å². The van der Waals surface area contributed by atoms with E-state index in [-0.39, 0.29) is 25.9 Å². The van der Waals surface area contributed by atoms with Gasteiger partial charge in [0.15, 0.2) is 0 Å². The quantitative estimate of drug-likeness (QED) is 0.581. The average Bonchev–Trinajstić information content (AvgIpc) is 2.85. The molecule has 0 aliphatic carbocycles. The van der Waals surface area contributed by atoms with Crippen LogP contribution in [0.4, 0.5) is 0 Å². The fourth-order valence-electron chi connectivity index (χ4n) is 1.97. The van der Waals surface area contributed by atoms with Crippen molar-refractivity contribution >= 4 is 23.8 Å². The van der Waals surface area contributed by atoms with Crippen LogP contribution in [0.1, 0.15) is 31.7 Å². The summed E-state index contributed by atoms with van der Waals surface area (Å²) < 4.78 is 5.07. The summed E-state index contributed by atoms with van der Waals surface area (Å²) >= 11 is 0. The lowest BCUT2D eigenvalue weighted by molar-refractivity contribution is -0.200. The van der Waals surface area contributed by atoms with Crippen molar-refractivity contribution in [2.45, 2.75) is 32.8 Å². The minimum Gasteiger partial charge on any atom is -0.461 e. The molecule has 0 bridgehead atoms. The van der Waals surface area contributed by atoms with Crippen LogP contribution in [0, 0.1) is 5.92 Å². The summed E-state index contributed by atoms with van der Waals surface area (Å²) in [5.74, 6) is -3.30. The molecular weight excluding hydrogens is 302 g/mol. The molecule has 1 fully saturated rings. The van der Waals surface area contributed by atoms with Crippen LogP contribution in [0.25, 0.3) is 0 Å². The lowest BCUT2D eigenvalue weighted by Crippen LogP contribution is -2.34. The maximum Gasteiger partial charge on any atom is 0.336 e. The molecule has 1 atom stereocenters. The molecule has 1 aromatic carbocycles. The van der Waals surface area contributed by atoms with Gasteiger partial charge in [0.2, 0.25) is 0 Å². The van der Waals surface area contributed by atoms with Crippen molar-refractivity contribution in [2.24, 2.45) is 5.92 Å². The molecule has 1 aliphatic heterocycles. The van der Waals surface area contributed by atoms with Crippen molar-refractivity contribution in [3.63, 3.8) is 0 Å². The molecule has 0 saturated carbocycles. The Bertz CT molecular complexity index is 596. The van der Waals surface area contributed by atoms with Gasteiger partial charge in [-0.2, -0.15) is 0 Å². The van der Waals surface area contributed by atoms with Crippen molar-refractivity contribution in [3.8, 4) is 0 Å².